The van der Waals surface area contributed by atoms with Gasteiger partial charge in [-0.05, 0) is 52.0 Å². The van der Waals surface area contributed by atoms with Gasteiger partial charge < -0.3 is 10.1 Å². The fraction of sp³-hybridized carbons (Fsp3) is 1.00. The average molecular weight is 241 g/mol. The molecule has 0 aliphatic heterocycles. The molecule has 2 nitrogen and oxygen atoms in total. The van der Waals surface area contributed by atoms with Crippen LogP contribution in [0.2, 0.25) is 0 Å². The van der Waals surface area contributed by atoms with Crippen LogP contribution in [0, 0.1) is 11.8 Å². The van der Waals surface area contributed by atoms with Crippen molar-refractivity contribution in [1.82, 2.24) is 5.32 Å². The van der Waals surface area contributed by atoms with Crippen LogP contribution in [-0.4, -0.2) is 25.3 Å². The minimum Gasteiger partial charge on any atom is -0.374 e. The molecule has 1 rings (SSSR count). The number of hydrogen-bond acceptors (Lipinski definition) is 2. The molecule has 0 radical (unpaired) electrons. The second-order valence-electron chi connectivity index (χ2n) is 5.89. The highest BCUT2D eigenvalue weighted by Crippen LogP contribution is 2.36. The second-order valence-corrected chi connectivity index (χ2v) is 5.89. The van der Waals surface area contributed by atoms with Crippen LogP contribution in [0.5, 0.6) is 0 Å². The second kappa shape index (κ2) is 6.75. The lowest BCUT2D eigenvalue weighted by Crippen LogP contribution is -2.53. The van der Waals surface area contributed by atoms with Crippen LogP contribution in [0.15, 0.2) is 0 Å². The summed E-state index contributed by atoms with van der Waals surface area (Å²) >= 11 is 0. The molecule has 1 N–H and O–H groups in total. The summed E-state index contributed by atoms with van der Waals surface area (Å²) in [6.07, 6.45) is 6.56. The lowest BCUT2D eigenvalue weighted by molar-refractivity contribution is -0.0723. The highest BCUT2D eigenvalue weighted by molar-refractivity contribution is 4.94. The monoisotopic (exact) mass is 241 g/mol. The third kappa shape index (κ3) is 3.69. The molecule has 0 bridgehead atoms. The molecule has 17 heavy (non-hydrogen) atoms. The molecule has 0 heterocycles. The SMILES string of the molecule is CCOC(C)(CC)C(NC)C1CCC(C)CC1. The number of nitrogens with one attached hydrogen (secondary N) is 1. The predicted octanol–water partition coefficient (Wildman–Crippen LogP) is 3.61. The van der Waals surface area contributed by atoms with Gasteiger partial charge in [0.25, 0.3) is 0 Å². The van der Waals surface area contributed by atoms with E-state index in [0.29, 0.717) is 6.04 Å². The standard InChI is InChI=1S/C15H31NO/c1-6-15(4,17-7-2)14(16-5)13-10-8-12(3)9-11-13/h12-14,16H,6-11H2,1-5H3. The molecule has 1 aliphatic rings. The summed E-state index contributed by atoms with van der Waals surface area (Å²) in [5, 5.41) is 3.54. The highest BCUT2D eigenvalue weighted by atomic mass is 16.5. The summed E-state index contributed by atoms with van der Waals surface area (Å²) < 4.78 is 6.05. The zero-order valence-corrected chi connectivity index (χ0v) is 12.4. The first-order valence-electron chi connectivity index (χ1n) is 7.38. The van der Waals surface area contributed by atoms with Crippen LogP contribution in [0.25, 0.3) is 0 Å². The van der Waals surface area contributed by atoms with Crippen molar-refractivity contribution in [2.75, 3.05) is 13.7 Å². The van der Waals surface area contributed by atoms with E-state index in [1.54, 1.807) is 0 Å². The van der Waals surface area contributed by atoms with Gasteiger partial charge in [-0.3, -0.25) is 0 Å². The Bertz CT molecular complexity index is 211. The van der Waals surface area contributed by atoms with E-state index in [1.165, 1.54) is 25.7 Å². The Labute approximate surface area is 108 Å². The maximum absolute atomic E-state index is 6.05. The van der Waals surface area contributed by atoms with Gasteiger partial charge in [0.1, 0.15) is 0 Å². The van der Waals surface area contributed by atoms with Gasteiger partial charge >= 0.3 is 0 Å². The fourth-order valence-electron chi connectivity index (χ4n) is 3.40. The molecule has 0 aromatic heterocycles. The molecule has 102 valence electrons. The van der Waals surface area contributed by atoms with Gasteiger partial charge in [-0.15, -0.1) is 0 Å². The maximum Gasteiger partial charge on any atom is 0.0806 e. The Hall–Kier alpha value is -0.0800. The smallest absolute Gasteiger partial charge is 0.0806 e. The molecule has 2 heteroatoms. The summed E-state index contributed by atoms with van der Waals surface area (Å²) in [5.74, 6) is 1.71. The highest BCUT2D eigenvalue weighted by Gasteiger charge is 2.38. The molecule has 2 atom stereocenters. The quantitative estimate of drug-likeness (QED) is 0.767. The third-order valence-corrected chi connectivity index (χ3v) is 4.68. The van der Waals surface area contributed by atoms with Crippen molar-refractivity contribution < 1.29 is 4.74 Å². The van der Waals surface area contributed by atoms with Crippen LogP contribution >= 0.6 is 0 Å². The number of likely N-dealkylation sites (N-methyl/N-ethyl adjacent to an activating group) is 1. The summed E-state index contributed by atoms with van der Waals surface area (Å²) in [6, 6.07) is 0.500. The molecule has 0 aromatic carbocycles. The molecule has 0 saturated heterocycles. The first kappa shape index (κ1) is 15.0. The maximum atomic E-state index is 6.05. The zero-order chi connectivity index (χ0) is 12.9. The molecular weight excluding hydrogens is 210 g/mol. The topological polar surface area (TPSA) is 21.3 Å². The van der Waals surface area contributed by atoms with Crippen molar-refractivity contribution in [2.24, 2.45) is 11.8 Å². The lowest BCUT2D eigenvalue weighted by Gasteiger charge is -2.43. The summed E-state index contributed by atoms with van der Waals surface area (Å²) in [4.78, 5) is 0. The van der Waals surface area contributed by atoms with Crippen molar-refractivity contribution >= 4 is 0 Å². The van der Waals surface area contributed by atoms with E-state index >= 15 is 0 Å². The average Bonchev–Trinajstić information content (AvgIpc) is 2.33. The van der Waals surface area contributed by atoms with Crippen LogP contribution in [0.1, 0.15) is 59.8 Å². The molecule has 0 spiro atoms. The van der Waals surface area contributed by atoms with Crippen LogP contribution < -0.4 is 5.32 Å². The van der Waals surface area contributed by atoms with Crippen molar-refractivity contribution in [1.29, 1.82) is 0 Å². The van der Waals surface area contributed by atoms with Crippen molar-refractivity contribution in [3.05, 3.63) is 0 Å². The zero-order valence-electron chi connectivity index (χ0n) is 12.4. The molecule has 1 saturated carbocycles. The summed E-state index contributed by atoms with van der Waals surface area (Å²) in [7, 11) is 2.09. The molecule has 1 aliphatic carbocycles. The minimum absolute atomic E-state index is 0.00521. The molecule has 0 amide bonds. The van der Waals surface area contributed by atoms with Gasteiger partial charge in [-0.2, -0.15) is 0 Å². The molecular formula is C15H31NO. The molecule has 1 fully saturated rings. The Morgan fingerprint density at radius 2 is 1.82 bits per heavy atom. The fourth-order valence-corrected chi connectivity index (χ4v) is 3.40. The van der Waals surface area contributed by atoms with E-state index in [-0.39, 0.29) is 5.60 Å². The van der Waals surface area contributed by atoms with Crippen molar-refractivity contribution in [3.63, 3.8) is 0 Å². The predicted molar refractivity (Wildman–Crippen MR) is 74.3 cm³/mol. The first-order valence-corrected chi connectivity index (χ1v) is 7.38. The first-order chi connectivity index (χ1) is 8.07. The molecule has 0 aromatic rings. The van der Waals surface area contributed by atoms with Gasteiger partial charge in [-0.25, -0.2) is 0 Å². The Morgan fingerprint density at radius 3 is 2.24 bits per heavy atom. The Morgan fingerprint density at radius 1 is 1.24 bits per heavy atom. The third-order valence-electron chi connectivity index (χ3n) is 4.68. The van der Waals surface area contributed by atoms with E-state index in [1.807, 2.05) is 0 Å². The Balaban J connectivity index is 2.68. The largest absolute Gasteiger partial charge is 0.374 e. The summed E-state index contributed by atoms with van der Waals surface area (Å²) in [6.45, 7) is 9.81. The number of hydrogen-bond donors (Lipinski definition) is 1. The molecule has 2 unspecified atom stereocenters. The van der Waals surface area contributed by atoms with Gasteiger partial charge in [0, 0.05) is 12.6 Å². The van der Waals surface area contributed by atoms with Gasteiger partial charge in [0.05, 0.1) is 5.60 Å². The van der Waals surface area contributed by atoms with E-state index in [2.05, 4.69) is 40.1 Å². The van der Waals surface area contributed by atoms with E-state index in [0.717, 1.165) is 24.9 Å². The van der Waals surface area contributed by atoms with Gasteiger partial charge in [-0.1, -0.05) is 26.7 Å². The van der Waals surface area contributed by atoms with Crippen LogP contribution in [-0.2, 0) is 4.74 Å². The normalized spacial score (nSPS) is 30.9. The van der Waals surface area contributed by atoms with Gasteiger partial charge in [0.2, 0.25) is 0 Å². The van der Waals surface area contributed by atoms with E-state index in [4.69, 9.17) is 4.74 Å². The van der Waals surface area contributed by atoms with E-state index in [9.17, 15) is 0 Å². The number of ether oxygens (including phenoxy) is 1. The van der Waals surface area contributed by atoms with Crippen molar-refractivity contribution in [3.8, 4) is 0 Å². The minimum atomic E-state index is -0.00521. The Kier molecular flexibility index (Phi) is 5.94. The summed E-state index contributed by atoms with van der Waals surface area (Å²) in [5.41, 5.74) is -0.00521. The van der Waals surface area contributed by atoms with Crippen LogP contribution in [0.4, 0.5) is 0 Å². The van der Waals surface area contributed by atoms with Gasteiger partial charge in [0.15, 0.2) is 0 Å². The number of rotatable bonds is 6. The van der Waals surface area contributed by atoms with Crippen molar-refractivity contribution in [2.45, 2.75) is 71.4 Å². The van der Waals surface area contributed by atoms with E-state index < -0.39 is 0 Å². The lowest BCUT2D eigenvalue weighted by atomic mass is 9.73. The van der Waals surface area contributed by atoms with Crippen LogP contribution in [0.3, 0.4) is 0 Å².